The number of hydrogen-bond acceptors (Lipinski definition) is 4. The van der Waals surface area contributed by atoms with Gasteiger partial charge in [0.25, 0.3) is 5.91 Å². The van der Waals surface area contributed by atoms with Gasteiger partial charge >= 0.3 is 0 Å². The quantitative estimate of drug-likeness (QED) is 0.239. The molecule has 0 bridgehead atoms. The second-order valence-electron chi connectivity index (χ2n) is 10.1. The zero-order valence-corrected chi connectivity index (χ0v) is 21.5. The maximum absolute atomic E-state index is 14.3. The molecule has 186 valence electrons. The molecule has 2 heterocycles. The van der Waals surface area contributed by atoms with Crippen molar-refractivity contribution < 1.29 is 23.0 Å². The van der Waals surface area contributed by atoms with Crippen LogP contribution in [0.5, 0.6) is 11.5 Å². The summed E-state index contributed by atoms with van der Waals surface area (Å²) in [7, 11) is -1.21. The van der Waals surface area contributed by atoms with Crippen molar-refractivity contribution in [2.45, 2.75) is 45.3 Å². The third kappa shape index (κ3) is 5.57. The fourth-order valence-electron chi connectivity index (χ4n) is 4.20. The van der Waals surface area contributed by atoms with Crippen LogP contribution in [0.2, 0.25) is 25.7 Å². The minimum Gasteiger partial charge on any atom is -0.454 e. The number of carbonyl (C=O) groups is 1. The van der Waals surface area contributed by atoms with E-state index in [9.17, 15) is 13.6 Å². The molecule has 1 aliphatic heterocycles. The second kappa shape index (κ2) is 9.83. The number of aromatic nitrogens is 1. The summed E-state index contributed by atoms with van der Waals surface area (Å²) in [5.41, 5.74) is 9.53. The first-order valence-electron chi connectivity index (χ1n) is 11.6. The first-order valence-corrected chi connectivity index (χ1v) is 15.3. The number of nitrogens with one attached hydrogen (secondary N) is 1. The van der Waals surface area contributed by atoms with Gasteiger partial charge in [0.1, 0.15) is 18.3 Å². The van der Waals surface area contributed by atoms with Crippen molar-refractivity contribution in [3.8, 4) is 11.5 Å². The Morgan fingerprint density at radius 3 is 2.57 bits per heavy atom. The van der Waals surface area contributed by atoms with E-state index in [0.29, 0.717) is 42.4 Å². The van der Waals surface area contributed by atoms with E-state index in [4.69, 9.17) is 15.2 Å². The number of carbonyl (C=O) groups excluding carboxylic acids is 1. The van der Waals surface area contributed by atoms with Crippen LogP contribution in [0.1, 0.15) is 33.1 Å². The van der Waals surface area contributed by atoms with Crippen molar-refractivity contribution in [3.05, 3.63) is 76.6 Å². The summed E-state index contributed by atoms with van der Waals surface area (Å²) in [6.45, 7) is 10.1. The molecule has 1 unspecified atom stereocenters. The number of halogens is 2. The number of nitrogen functional groups attached to an aromatic ring is 1. The van der Waals surface area contributed by atoms with Crippen LogP contribution >= 0.6 is 0 Å². The van der Waals surface area contributed by atoms with Crippen LogP contribution in [0.25, 0.3) is 0 Å². The summed E-state index contributed by atoms with van der Waals surface area (Å²) in [5, 5.41) is 2.95. The van der Waals surface area contributed by atoms with E-state index < -0.39 is 19.7 Å². The number of nitrogens with two attached hydrogens (primary N) is 1. The number of ether oxygens (including phenoxy) is 2. The van der Waals surface area contributed by atoms with Crippen molar-refractivity contribution in [2.75, 3.05) is 18.9 Å². The van der Waals surface area contributed by atoms with E-state index in [1.165, 1.54) is 6.07 Å². The van der Waals surface area contributed by atoms with Crippen LogP contribution in [-0.2, 0) is 11.5 Å². The van der Waals surface area contributed by atoms with Crippen LogP contribution < -0.4 is 15.8 Å². The fraction of sp³-hybridized carbons (Fsp3) is 0.346. The second-order valence-corrected chi connectivity index (χ2v) is 15.7. The minimum absolute atomic E-state index is 0.0953. The molecule has 35 heavy (non-hydrogen) atoms. The Kier molecular flexibility index (Phi) is 7.00. The van der Waals surface area contributed by atoms with Crippen molar-refractivity contribution in [3.63, 3.8) is 0 Å². The highest BCUT2D eigenvalue weighted by Crippen LogP contribution is 2.40. The van der Waals surface area contributed by atoms with Crippen LogP contribution in [-0.4, -0.2) is 31.7 Å². The van der Waals surface area contributed by atoms with Gasteiger partial charge in [-0.25, -0.2) is 8.78 Å². The Bertz CT molecular complexity index is 1250. The Morgan fingerprint density at radius 1 is 1.11 bits per heavy atom. The minimum atomic E-state index is -1.21. The highest BCUT2D eigenvalue weighted by molar-refractivity contribution is 6.76. The zero-order valence-electron chi connectivity index (χ0n) is 20.5. The monoisotopic (exact) mass is 499 g/mol. The largest absolute Gasteiger partial charge is 0.454 e. The lowest BCUT2D eigenvalue weighted by Crippen LogP contribution is -2.35. The molecule has 6 nitrogen and oxygen atoms in total. The molecule has 1 atom stereocenters. The fourth-order valence-corrected chi connectivity index (χ4v) is 4.95. The summed E-state index contributed by atoms with van der Waals surface area (Å²) in [5.74, 6) is -1.62. The molecule has 3 N–H and O–H groups in total. The molecule has 2 aromatic carbocycles. The first-order chi connectivity index (χ1) is 16.5. The van der Waals surface area contributed by atoms with E-state index in [2.05, 4.69) is 25.0 Å². The van der Waals surface area contributed by atoms with E-state index >= 15 is 0 Å². The molecule has 3 aromatic rings. The average molecular weight is 500 g/mol. The molecule has 1 aromatic heterocycles. The average Bonchev–Trinajstić information content (AvgIpc) is 3.11. The Morgan fingerprint density at radius 2 is 1.86 bits per heavy atom. The number of anilines is 1. The summed E-state index contributed by atoms with van der Waals surface area (Å²) in [4.78, 5) is 12.8. The van der Waals surface area contributed by atoms with Gasteiger partial charge in [-0.15, -0.1) is 0 Å². The van der Waals surface area contributed by atoms with Gasteiger partial charge in [0.2, 0.25) is 0 Å². The van der Waals surface area contributed by atoms with Crippen molar-refractivity contribution in [2.24, 2.45) is 0 Å². The molecule has 0 radical (unpaired) electrons. The number of fused-ring (bicyclic) bond motifs is 1. The first kappa shape index (κ1) is 24.9. The zero-order chi connectivity index (χ0) is 25.3. The SMILES string of the molecule is Cc1c2c(cn1COCC[Si](C)(C)C)C(c1cc(N)ccc1Oc1ccc(F)cc1F)CNC2=O. The molecule has 0 saturated carbocycles. The lowest BCUT2D eigenvalue weighted by Gasteiger charge is -2.26. The Labute approximate surface area is 205 Å². The summed E-state index contributed by atoms with van der Waals surface area (Å²) < 4.78 is 41.4. The lowest BCUT2D eigenvalue weighted by atomic mass is 9.86. The number of benzene rings is 2. The van der Waals surface area contributed by atoms with Crippen molar-refractivity contribution >= 4 is 19.7 Å². The van der Waals surface area contributed by atoms with Gasteiger partial charge in [-0.2, -0.15) is 0 Å². The molecule has 4 rings (SSSR count). The maximum Gasteiger partial charge on any atom is 0.253 e. The van der Waals surface area contributed by atoms with Crippen LogP contribution in [0.4, 0.5) is 14.5 Å². The van der Waals surface area contributed by atoms with Gasteiger partial charge < -0.3 is 25.1 Å². The molecular weight excluding hydrogens is 468 g/mol. The van der Waals surface area contributed by atoms with E-state index in [1.54, 1.807) is 18.2 Å². The van der Waals surface area contributed by atoms with Crippen LogP contribution in [0.3, 0.4) is 0 Å². The van der Waals surface area contributed by atoms with E-state index in [1.807, 2.05) is 17.7 Å². The molecular formula is C26H31F2N3O3Si. The molecule has 0 fully saturated rings. The smallest absolute Gasteiger partial charge is 0.253 e. The maximum atomic E-state index is 14.3. The molecule has 9 heteroatoms. The highest BCUT2D eigenvalue weighted by atomic mass is 28.3. The number of hydrogen-bond donors (Lipinski definition) is 2. The topological polar surface area (TPSA) is 78.5 Å². The van der Waals surface area contributed by atoms with E-state index in [-0.39, 0.29) is 17.6 Å². The van der Waals surface area contributed by atoms with Crippen LogP contribution in [0, 0.1) is 18.6 Å². The van der Waals surface area contributed by atoms with Gasteiger partial charge in [0, 0.05) is 56.4 Å². The Hall–Kier alpha value is -3.17. The van der Waals surface area contributed by atoms with Gasteiger partial charge in [-0.3, -0.25) is 4.79 Å². The molecule has 0 saturated heterocycles. The molecule has 1 amide bonds. The van der Waals surface area contributed by atoms with Gasteiger partial charge in [-0.1, -0.05) is 19.6 Å². The number of nitrogens with zero attached hydrogens (tertiary/aromatic N) is 1. The third-order valence-corrected chi connectivity index (χ3v) is 7.90. The van der Waals surface area contributed by atoms with Crippen molar-refractivity contribution in [1.29, 1.82) is 0 Å². The van der Waals surface area contributed by atoms with Crippen molar-refractivity contribution in [1.82, 2.24) is 9.88 Å². The van der Waals surface area contributed by atoms with E-state index in [0.717, 1.165) is 29.4 Å². The lowest BCUT2D eigenvalue weighted by molar-refractivity contribution is 0.0857. The normalized spacial score (nSPS) is 15.6. The molecule has 0 aliphatic carbocycles. The van der Waals surface area contributed by atoms with Gasteiger partial charge in [0.15, 0.2) is 11.6 Å². The van der Waals surface area contributed by atoms with Gasteiger partial charge in [-0.05, 0) is 48.9 Å². The molecule has 1 aliphatic rings. The summed E-state index contributed by atoms with van der Waals surface area (Å²) in [6, 6.07) is 9.30. The third-order valence-electron chi connectivity index (χ3n) is 6.20. The number of amides is 1. The predicted octanol–water partition coefficient (Wildman–Crippen LogP) is 5.64. The predicted molar refractivity (Wildman–Crippen MR) is 135 cm³/mol. The standard InChI is InChI=1S/C26H31F2N3O3Si/c1-16-25-21(14-31(16)15-33-9-10-35(2,3)4)20(13-30-26(25)32)19-12-18(29)6-8-23(19)34-24-7-5-17(27)11-22(24)28/h5-8,11-12,14,20H,9-10,13,15,29H2,1-4H3,(H,30,32). The van der Waals surface area contributed by atoms with Crippen LogP contribution in [0.15, 0.2) is 42.6 Å². The summed E-state index contributed by atoms with van der Waals surface area (Å²) in [6.07, 6.45) is 1.94. The highest BCUT2D eigenvalue weighted by Gasteiger charge is 2.32. The number of rotatable bonds is 8. The Balaban J connectivity index is 1.66. The van der Waals surface area contributed by atoms with Gasteiger partial charge in [0.05, 0.1) is 5.56 Å². The molecule has 0 spiro atoms. The summed E-state index contributed by atoms with van der Waals surface area (Å²) >= 11 is 0.